The van der Waals surface area contributed by atoms with E-state index in [4.69, 9.17) is 14.5 Å². The molecule has 1 aliphatic rings. The highest BCUT2D eigenvalue weighted by atomic mass is 79.9. The summed E-state index contributed by atoms with van der Waals surface area (Å²) in [6.07, 6.45) is 2.53. The summed E-state index contributed by atoms with van der Waals surface area (Å²) >= 11 is 3.43. The lowest BCUT2D eigenvalue weighted by Gasteiger charge is -2.14. The van der Waals surface area contributed by atoms with E-state index in [2.05, 4.69) is 28.0 Å². The average molecular weight is 442 g/mol. The Labute approximate surface area is 170 Å². The minimum atomic E-state index is -0.184. The summed E-state index contributed by atoms with van der Waals surface area (Å²) in [6.45, 7) is 6.30. The molecule has 0 aliphatic carbocycles. The van der Waals surface area contributed by atoms with Crippen molar-refractivity contribution in [1.82, 2.24) is 9.66 Å². The van der Waals surface area contributed by atoms with E-state index in [1.807, 2.05) is 38.1 Å². The topological polar surface area (TPSA) is 65.7 Å². The van der Waals surface area contributed by atoms with Crippen molar-refractivity contribution in [3.63, 3.8) is 0 Å². The fourth-order valence-electron chi connectivity index (χ4n) is 3.10. The lowest BCUT2D eigenvalue weighted by Crippen LogP contribution is -2.23. The molecule has 6 nitrogen and oxygen atoms in total. The van der Waals surface area contributed by atoms with Crippen molar-refractivity contribution in [1.29, 1.82) is 0 Å². The molecule has 0 amide bonds. The van der Waals surface area contributed by atoms with Gasteiger partial charge >= 0.3 is 0 Å². The quantitative estimate of drug-likeness (QED) is 0.555. The summed E-state index contributed by atoms with van der Waals surface area (Å²) in [5.41, 5.74) is 2.34. The summed E-state index contributed by atoms with van der Waals surface area (Å²) in [5, 5.41) is 5.04. The highest BCUT2D eigenvalue weighted by molar-refractivity contribution is 9.10. The van der Waals surface area contributed by atoms with E-state index in [1.165, 1.54) is 4.68 Å². The number of fused-ring (bicyclic) bond motifs is 2. The van der Waals surface area contributed by atoms with E-state index < -0.39 is 0 Å². The van der Waals surface area contributed by atoms with E-state index in [-0.39, 0.29) is 18.3 Å². The van der Waals surface area contributed by atoms with Crippen LogP contribution in [0.5, 0.6) is 11.5 Å². The summed E-state index contributed by atoms with van der Waals surface area (Å²) in [5.74, 6) is 2.15. The maximum Gasteiger partial charge on any atom is 0.282 e. The molecule has 0 saturated carbocycles. The zero-order valence-electron chi connectivity index (χ0n) is 15.9. The Kier molecular flexibility index (Phi) is 4.93. The molecular formula is C21H20BrN3O3. The number of aromatic nitrogens is 2. The smallest absolute Gasteiger partial charge is 0.282 e. The molecular weight excluding hydrogens is 422 g/mol. The van der Waals surface area contributed by atoms with Crippen molar-refractivity contribution >= 4 is 33.0 Å². The molecule has 0 spiro atoms. The fourth-order valence-corrected chi connectivity index (χ4v) is 3.46. The Bertz CT molecular complexity index is 1150. The molecule has 2 heterocycles. The number of nitrogens with zero attached hydrogens (tertiary/aromatic N) is 3. The standard InChI is InChI=1S/C21H20BrN3O3/c1-4-12(2)20-24-17-6-5-15(22)9-16(17)21(26)25(20)23-10-14-8-19-18(7-13(14)3)27-11-28-19/h5-10,12H,4,11H2,1-3H3/t12-/m0/s1. The summed E-state index contributed by atoms with van der Waals surface area (Å²) < 4.78 is 13.1. The molecule has 1 aromatic heterocycles. The van der Waals surface area contributed by atoms with Crippen LogP contribution in [0, 0.1) is 6.92 Å². The van der Waals surface area contributed by atoms with Crippen molar-refractivity contribution in [3.05, 3.63) is 62.1 Å². The maximum atomic E-state index is 13.2. The summed E-state index contributed by atoms with van der Waals surface area (Å²) in [4.78, 5) is 17.9. The van der Waals surface area contributed by atoms with Gasteiger partial charge in [-0.05, 0) is 49.2 Å². The second kappa shape index (κ2) is 7.39. The molecule has 0 unspecified atom stereocenters. The molecule has 4 rings (SSSR count). The van der Waals surface area contributed by atoms with Crippen LogP contribution < -0.4 is 15.0 Å². The fraction of sp³-hybridized carbons (Fsp3) is 0.286. The van der Waals surface area contributed by atoms with Crippen LogP contribution in [0.15, 0.2) is 44.7 Å². The molecule has 3 aromatic rings. The Morgan fingerprint density at radius 2 is 2.04 bits per heavy atom. The number of halogens is 1. The molecule has 144 valence electrons. The molecule has 0 fully saturated rings. The van der Waals surface area contributed by atoms with Crippen LogP contribution in [0.4, 0.5) is 0 Å². The number of benzene rings is 2. The zero-order chi connectivity index (χ0) is 19.8. The molecule has 28 heavy (non-hydrogen) atoms. The maximum absolute atomic E-state index is 13.2. The summed E-state index contributed by atoms with van der Waals surface area (Å²) in [6, 6.07) is 9.31. The third-order valence-corrected chi connectivity index (χ3v) is 5.45. The number of ether oxygens (including phenoxy) is 2. The van der Waals surface area contributed by atoms with Crippen LogP contribution in [0.2, 0.25) is 0 Å². The summed E-state index contributed by atoms with van der Waals surface area (Å²) in [7, 11) is 0. The number of aryl methyl sites for hydroxylation is 1. The molecule has 7 heteroatoms. The van der Waals surface area contributed by atoms with E-state index >= 15 is 0 Å². The van der Waals surface area contributed by atoms with E-state index in [1.54, 1.807) is 12.3 Å². The van der Waals surface area contributed by atoms with Gasteiger partial charge in [-0.2, -0.15) is 9.78 Å². The minimum absolute atomic E-state index is 0.0933. The molecule has 0 radical (unpaired) electrons. The normalized spacial score (nSPS) is 14.1. The van der Waals surface area contributed by atoms with Gasteiger partial charge in [-0.25, -0.2) is 4.98 Å². The van der Waals surface area contributed by atoms with E-state index in [0.717, 1.165) is 27.8 Å². The van der Waals surface area contributed by atoms with Crippen molar-refractivity contribution in [2.75, 3.05) is 6.79 Å². The van der Waals surface area contributed by atoms with Gasteiger partial charge in [0, 0.05) is 16.0 Å². The van der Waals surface area contributed by atoms with Gasteiger partial charge in [0.25, 0.3) is 5.56 Å². The monoisotopic (exact) mass is 441 g/mol. The second-order valence-corrected chi connectivity index (χ2v) is 7.78. The molecule has 2 aromatic carbocycles. The number of hydrogen-bond acceptors (Lipinski definition) is 5. The van der Waals surface area contributed by atoms with Crippen molar-refractivity contribution in [2.24, 2.45) is 5.10 Å². The first kappa shape index (κ1) is 18.7. The third kappa shape index (κ3) is 3.30. The molecule has 0 saturated heterocycles. The van der Waals surface area contributed by atoms with Gasteiger partial charge in [-0.1, -0.05) is 29.8 Å². The number of rotatable bonds is 4. The lowest BCUT2D eigenvalue weighted by molar-refractivity contribution is 0.174. The highest BCUT2D eigenvalue weighted by Crippen LogP contribution is 2.34. The first-order valence-corrected chi connectivity index (χ1v) is 9.94. The Hall–Kier alpha value is -2.67. The van der Waals surface area contributed by atoms with Gasteiger partial charge in [0.2, 0.25) is 6.79 Å². The van der Waals surface area contributed by atoms with Gasteiger partial charge in [0.15, 0.2) is 11.5 Å². The molecule has 1 atom stereocenters. The van der Waals surface area contributed by atoms with Gasteiger partial charge in [0.05, 0.1) is 17.1 Å². The predicted molar refractivity (Wildman–Crippen MR) is 113 cm³/mol. The predicted octanol–water partition coefficient (Wildman–Crippen LogP) is 4.59. The van der Waals surface area contributed by atoms with Gasteiger partial charge in [0.1, 0.15) is 5.82 Å². The SMILES string of the molecule is CC[C@H](C)c1nc2ccc(Br)cc2c(=O)n1N=Cc1cc2c(cc1C)OCO2. The van der Waals surface area contributed by atoms with Crippen LogP contribution in [0.3, 0.4) is 0 Å². The zero-order valence-corrected chi connectivity index (χ0v) is 17.5. The third-order valence-electron chi connectivity index (χ3n) is 4.96. The molecule has 0 bridgehead atoms. The van der Waals surface area contributed by atoms with Gasteiger partial charge < -0.3 is 9.47 Å². The molecule has 1 aliphatic heterocycles. The van der Waals surface area contributed by atoms with E-state index in [0.29, 0.717) is 22.5 Å². The van der Waals surface area contributed by atoms with E-state index in [9.17, 15) is 4.79 Å². The molecule has 0 N–H and O–H groups in total. The largest absolute Gasteiger partial charge is 0.454 e. The van der Waals surface area contributed by atoms with Crippen molar-refractivity contribution < 1.29 is 9.47 Å². The number of hydrogen-bond donors (Lipinski definition) is 0. The first-order chi connectivity index (χ1) is 13.5. The van der Waals surface area contributed by atoms with Crippen LogP contribution >= 0.6 is 15.9 Å². The van der Waals surface area contributed by atoms with Crippen molar-refractivity contribution in [3.8, 4) is 11.5 Å². The van der Waals surface area contributed by atoms with Crippen LogP contribution in [-0.2, 0) is 0 Å². The van der Waals surface area contributed by atoms with Crippen molar-refractivity contribution in [2.45, 2.75) is 33.1 Å². The Morgan fingerprint density at radius 3 is 2.79 bits per heavy atom. The van der Waals surface area contributed by atoms with Crippen LogP contribution in [0.25, 0.3) is 10.9 Å². The van der Waals surface area contributed by atoms with Crippen LogP contribution in [-0.4, -0.2) is 22.7 Å². The Balaban J connectivity index is 1.86. The average Bonchev–Trinajstić information content (AvgIpc) is 3.13. The van der Waals surface area contributed by atoms with Gasteiger partial charge in [-0.3, -0.25) is 4.79 Å². The van der Waals surface area contributed by atoms with Gasteiger partial charge in [-0.15, -0.1) is 0 Å². The lowest BCUT2D eigenvalue weighted by atomic mass is 10.1. The minimum Gasteiger partial charge on any atom is -0.454 e. The Morgan fingerprint density at radius 1 is 1.29 bits per heavy atom. The van der Waals surface area contributed by atoms with Crippen LogP contribution in [0.1, 0.15) is 43.1 Å². The second-order valence-electron chi connectivity index (χ2n) is 6.86. The first-order valence-electron chi connectivity index (χ1n) is 9.14. The highest BCUT2D eigenvalue weighted by Gasteiger charge is 2.17.